The first kappa shape index (κ1) is 13.0. The van der Waals surface area contributed by atoms with E-state index in [1.54, 1.807) is 4.90 Å². The predicted octanol–water partition coefficient (Wildman–Crippen LogP) is 1.26. The number of ether oxygens (including phenoxy) is 1. The van der Waals surface area contributed by atoms with E-state index in [-0.39, 0.29) is 17.7 Å². The molecule has 0 spiro atoms. The molecule has 7 heteroatoms. The van der Waals surface area contributed by atoms with Crippen LogP contribution in [0.25, 0.3) is 0 Å². The quantitative estimate of drug-likeness (QED) is 0.631. The zero-order valence-electron chi connectivity index (χ0n) is 10.1. The molecule has 1 unspecified atom stereocenters. The van der Waals surface area contributed by atoms with E-state index in [9.17, 15) is 8.78 Å². The normalized spacial score (nSPS) is 20.0. The second kappa shape index (κ2) is 5.45. The summed E-state index contributed by atoms with van der Waals surface area (Å²) in [6.45, 7) is 3.52. The summed E-state index contributed by atoms with van der Waals surface area (Å²) in [7, 11) is 0. The second-order valence-corrected chi connectivity index (χ2v) is 4.10. The molecule has 0 aliphatic carbocycles. The molecular formula is C11H16F2N4O. The minimum absolute atomic E-state index is 0.0387. The SMILES string of the molecule is CCC1COCCN1c1nc(NN)c(F)cc1F. The fourth-order valence-corrected chi connectivity index (χ4v) is 2.03. The Kier molecular flexibility index (Phi) is 3.93. The Morgan fingerprint density at radius 3 is 3.00 bits per heavy atom. The minimum atomic E-state index is -0.806. The van der Waals surface area contributed by atoms with E-state index in [1.165, 1.54) is 0 Å². The zero-order valence-corrected chi connectivity index (χ0v) is 10.1. The van der Waals surface area contributed by atoms with Crippen molar-refractivity contribution < 1.29 is 13.5 Å². The van der Waals surface area contributed by atoms with Gasteiger partial charge in [0.25, 0.3) is 0 Å². The van der Waals surface area contributed by atoms with E-state index >= 15 is 0 Å². The Morgan fingerprint density at radius 2 is 2.33 bits per heavy atom. The number of nitrogens with two attached hydrogens (primary N) is 1. The first-order valence-electron chi connectivity index (χ1n) is 5.84. The van der Waals surface area contributed by atoms with Gasteiger partial charge in [-0.3, -0.25) is 0 Å². The Bertz CT molecular complexity index is 430. The fourth-order valence-electron chi connectivity index (χ4n) is 2.03. The lowest BCUT2D eigenvalue weighted by Crippen LogP contribution is -2.46. The number of pyridine rings is 1. The van der Waals surface area contributed by atoms with E-state index in [2.05, 4.69) is 10.4 Å². The summed E-state index contributed by atoms with van der Waals surface area (Å²) in [6, 6.07) is 0.830. The van der Waals surface area contributed by atoms with Crippen molar-refractivity contribution in [2.75, 3.05) is 30.1 Å². The number of hydrogen-bond donors (Lipinski definition) is 2. The summed E-state index contributed by atoms with van der Waals surface area (Å²) in [5.74, 6) is 3.61. The predicted molar refractivity (Wildman–Crippen MR) is 64.2 cm³/mol. The highest BCUT2D eigenvalue weighted by Gasteiger charge is 2.26. The van der Waals surface area contributed by atoms with Crippen molar-refractivity contribution in [3.05, 3.63) is 17.7 Å². The monoisotopic (exact) mass is 258 g/mol. The second-order valence-electron chi connectivity index (χ2n) is 4.10. The highest BCUT2D eigenvalue weighted by atomic mass is 19.1. The van der Waals surface area contributed by atoms with Crippen LogP contribution in [0.1, 0.15) is 13.3 Å². The van der Waals surface area contributed by atoms with Gasteiger partial charge in [-0.1, -0.05) is 6.92 Å². The summed E-state index contributed by atoms with van der Waals surface area (Å²) in [5, 5.41) is 0. The van der Waals surface area contributed by atoms with Crippen LogP contribution >= 0.6 is 0 Å². The minimum Gasteiger partial charge on any atom is -0.377 e. The largest absolute Gasteiger partial charge is 0.377 e. The first-order valence-corrected chi connectivity index (χ1v) is 5.84. The van der Waals surface area contributed by atoms with E-state index in [0.717, 1.165) is 12.5 Å². The van der Waals surface area contributed by atoms with Crippen LogP contribution in [0, 0.1) is 11.6 Å². The number of aromatic nitrogens is 1. The Hall–Kier alpha value is -1.47. The van der Waals surface area contributed by atoms with E-state index in [4.69, 9.17) is 10.6 Å². The standard InChI is InChI=1S/C11H16F2N4O/c1-2-7-6-18-4-3-17(7)11-9(13)5-8(12)10(15-11)16-14/h5,7H,2-4,6,14H2,1H3,(H,15,16). The van der Waals surface area contributed by atoms with Gasteiger partial charge in [0.15, 0.2) is 23.3 Å². The summed E-state index contributed by atoms with van der Waals surface area (Å²) in [5.41, 5.74) is 2.12. The number of halogens is 2. The molecule has 1 aromatic rings. The van der Waals surface area contributed by atoms with Crippen LogP contribution in [0.2, 0.25) is 0 Å². The van der Waals surface area contributed by atoms with Crippen molar-refractivity contribution in [1.29, 1.82) is 0 Å². The average molecular weight is 258 g/mol. The van der Waals surface area contributed by atoms with Gasteiger partial charge in [-0.25, -0.2) is 19.6 Å². The van der Waals surface area contributed by atoms with Crippen molar-refractivity contribution >= 4 is 11.6 Å². The lowest BCUT2D eigenvalue weighted by atomic mass is 10.1. The molecule has 1 aromatic heterocycles. The van der Waals surface area contributed by atoms with Gasteiger partial charge in [-0.05, 0) is 6.42 Å². The van der Waals surface area contributed by atoms with Crippen molar-refractivity contribution in [2.45, 2.75) is 19.4 Å². The molecule has 1 saturated heterocycles. The molecule has 0 aromatic carbocycles. The summed E-state index contributed by atoms with van der Waals surface area (Å²) >= 11 is 0. The molecule has 18 heavy (non-hydrogen) atoms. The third kappa shape index (κ3) is 2.37. The van der Waals surface area contributed by atoms with Crippen LogP contribution in [0.5, 0.6) is 0 Å². The van der Waals surface area contributed by atoms with Gasteiger partial charge in [0.05, 0.1) is 19.3 Å². The molecule has 1 fully saturated rings. The molecule has 0 bridgehead atoms. The lowest BCUT2D eigenvalue weighted by molar-refractivity contribution is 0.0921. The third-order valence-corrected chi connectivity index (χ3v) is 3.02. The van der Waals surface area contributed by atoms with Gasteiger partial charge >= 0.3 is 0 Å². The van der Waals surface area contributed by atoms with E-state index in [0.29, 0.717) is 19.8 Å². The molecule has 2 rings (SSSR count). The number of nitrogens with zero attached hydrogens (tertiary/aromatic N) is 2. The summed E-state index contributed by atoms with van der Waals surface area (Å²) in [4.78, 5) is 5.69. The molecule has 0 amide bonds. The Balaban J connectivity index is 2.36. The van der Waals surface area contributed by atoms with Crippen molar-refractivity contribution in [2.24, 2.45) is 5.84 Å². The van der Waals surface area contributed by atoms with Gasteiger partial charge in [0.1, 0.15) is 0 Å². The van der Waals surface area contributed by atoms with Crippen LogP contribution in [0.4, 0.5) is 20.4 Å². The number of nitrogen functional groups attached to an aromatic ring is 1. The third-order valence-electron chi connectivity index (χ3n) is 3.02. The van der Waals surface area contributed by atoms with Crippen LogP contribution < -0.4 is 16.2 Å². The summed E-state index contributed by atoms with van der Waals surface area (Å²) in [6.07, 6.45) is 0.796. The van der Waals surface area contributed by atoms with Gasteiger partial charge in [-0.2, -0.15) is 0 Å². The maximum Gasteiger partial charge on any atom is 0.178 e. The molecule has 5 nitrogen and oxygen atoms in total. The number of hydrazine groups is 1. The molecule has 3 N–H and O–H groups in total. The van der Waals surface area contributed by atoms with Gasteiger partial charge in [-0.15, -0.1) is 0 Å². The number of morpholine rings is 1. The zero-order chi connectivity index (χ0) is 13.1. The lowest BCUT2D eigenvalue weighted by Gasteiger charge is -2.36. The topological polar surface area (TPSA) is 63.4 Å². The Morgan fingerprint density at radius 1 is 1.56 bits per heavy atom. The van der Waals surface area contributed by atoms with Gasteiger partial charge in [0, 0.05) is 12.6 Å². The highest BCUT2D eigenvalue weighted by Crippen LogP contribution is 2.25. The summed E-state index contributed by atoms with van der Waals surface area (Å²) < 4.78 is 32.4. The molecule has 2 heterocycles. The molecule has 0 radical (unpaired) electrons. The molecule has 1 atom stereocenters. The molecule has 1 aliphatic heterocycles. The highest BCUT2D eigenvalue weighted by molar-refractivity contribution is 5.49. The Labute approximate surface area is 104 Å². The number of rotatable bonds is 3. The van der Waals surface area contributed by atoms with Gasteiger partial charge < -0.3 is 15.1 Å². The maximum absolute atomic E-state index is 13.8. The number of nitrogens with one attached hydrogen (secondary N) is 1. The molecule has 0 saturated carbocycles. The van der Waals surface area contributed by atoms with E-state index in [1.807, 2.05) is 6.92 Å². The average Bonchev–Trinajstić information content (AvgIpc) is 2.39. The smallest absolute Gasteiger partial charge is 0.178 e. The van der Waals surface area contributed by atoms with Crippen LogP contribution in [0.3, 0.4) is 0 Å². The maximum atomic E-state index is 13.8. The first-order chi connectivity index (χ1) is 8.67. The van der Waals surface area contributed by atoms with Crippen molar-refractivity contribution in [3.63, 3.8) is 0 Å². The fraction of sp³-hybridized carbons (Fsp3) is 0.545. The van der Waals surface area contributed by atoms with Gasteiger partial charge in [0.2, 0.25) is 0 Å². The number of anilines is 2. The molecule has 1 aliphatic rings. The van der Waals surface area contributed by atoms with Crippen LogP contribution in [-0.4, -0.2) is 30.8 Å². The number of hydrogen-bond acceptors (Lipinski definition) is 5. The molecule has 100 valence electrons. The van der Waals surface area contributed by atoms with Crippen LogP contribution in [0.15, 0.2) is 6.07 Å². The molecular weight excluding hydrogens is 242 g/mol. The van der Waals surface area contributed by atoms with Crippen molar-refractivity contribution in [3.8, 4) is 0 Å². The van der Waals surface area contributed by atoms with Crippen molar-refractivity contribution in [1.82, 2.24) is 4.98 Å². The van der Waals surface area contributed by atoms with E-state index < -0.39 is 11.6 Å². The van der Waals surface area contributed by atoms with Crippen LogP contribution in [-0.2, 0) is 4.74 Å².